The molecule has 2 rings (SSSR count). The van der Waals surface area contributed by atoms with Crippen LogP contribution in [0.4, 0.5) is 0 Å². The van der Waals surface area contributed by atoms with E-state index in [0.29, 0.717) is 0 Å². The van der Waals surface area contributed by atoms with Crippen molar-refractivity contribution in [3.05, 3.63) is 52.3 Å². The Balaban J connectivity index is 2.26. The zero-order valence-corrected chi connectivity index (χ0v) is 13.7. The topological polar surface area (TPSA) is 56.3 Å². The first-order valence-electron chi connectivity index (χ1n) is 5.64. The van der Waals surface area contributed by atoms with Gasteiger partial charge in [0.25, 0.3) is 9.05 Å². The molecule has 0 bridgehead atoms. The third kappa shape index (κ3) is 3.94. The van der Waals surface area contributed by atoms with Gasteiger partial charge >= 0.3 is 0 Å². The number of benzene rings is 1. The van der Waals surface area contributed by atoms with E-state index in [0.717, 1.165) is 15.6 Å². The Labute approximate surface area is 130 Å². The van der Waals surface area contributed by atoms with Gasteiger partial charge in [-0.05, 0) is 46.6 Å². The van der Waals surface area contributed by atoms with E-state index in [1.54, 1.807) is 31.5 Å². The largest absolute Gasteiger partial charge is 0.487 e. The Morgan fingerprint density at radius 2 is 2.05 bits per heavy atom. The molecule has 20 heavy (non-hydrogen) atoms. The van der Waals surface area contributed by atoms with Crippen molar-refractivity contribution in [3.8, 4) is 5.75 Å². The van der Waals surface area contributed by atoms with Crippen LogP contribution in [0.25, 0.3) is 0 Å². The summed E-state index contributed by atoms with van der Waals surface area (Å²) in [6.45, 7) is 1.99. The van der Waals surface area contributed by atoms with Crippen LogP contribution in [0.5, 0.6) is 5.75 Å². The summed E-state index contributed by atoms with van der Waals surface area (Å²) in [6, 6.07) is 6.68. The van der Waals surface area contributed by atoms with Crippen LogP contribution in [0.2, 0.25) is 0 Å². The SMILES string of the molecule is Cc1ccc(OCc2cncc(Br)c2)c(S(=O)(=O)Cl)c1. The Morgan fingerprint density at radius 1 is 1.30 bits per heavy atom. The Morgan fingerprint density at radius 3 is 2.70 bits per heavy atom. The predicted molar refractivity (Wildman–Crippen MR) is 80.5 cm³/mol. The minimum atomic E-state index is -3.85. The summed E-state index contributed by atoms with van der Waals surface area (Å²) >= 11 is 3.31. The highest BCUT2D eigenvalue weighted by atomic mass is 79.9. The molecule has 1 heterocycles. The van der Waals surface area contributed by atoms with Gasteiger partial charge in [0, 0.05) is 33.1 Å². The second-order valence-corrected chi connectivity index (χ2v) is 7.64. The van der Waals surface area contributed by atoms with Crippen molar-refractivity contribution in [2.45, 2.75) is 18.4 Å². The summed E-state index contributed by atoms with van der Waals surface area (Å²) in [5.74, 6) is 0.227. The number of aryl methyl sites for hydroxylation is 1. The van der Waals surface area contributed by atoms with E-state index in [1.807, 2.05) is 6.07 Å². The summed E-state index contributed by atoms with van der Waals surface area (Å²) in [7, 11) is 1.57. The molecule has 0 fully saturated rings. The average Bonchev–Trinajstić information content (AvgIpc) is 2.36. The van der Waals surface area contributed by atoms with E-state index < -0.39 is 9.05 Å². The molecule has 0 saturated heterocycles. The fourth-order valence-corrected chi connectivity index (χ4v) is 3.09. The Kier molecular flexibility index (Phi) is 4.67. The third-order valence-corrected chi connectivity index (χ3v) is 4.29. The van der Waals surface area contributed by atoms with Gasteiger partial charge in [0.2, 0.25) is 0 Å². The van der Waals surface area contributed by atoms with Gasteiger partial charge in [-0.2, -0.15) is 0 Å². The number of nitrogens with zero attached hydrogens (tertiary/aromatic N) is 1. The molecule has 4 nitrogen and oxygen atoms in total. The molecule has 1 aromatic heterocycles. The first-order valence-corrected chi connectivity index (χ1v) is 8.74. The molecular formula is C13H11BrClNO3S. The lowest BCUT2D eigenvalue weighted by Gasteiger charge is -2.10. The maximum absolute atomic E-state index is 11.5. The molecule has 0 unspecified atom stereocenters. The van der Waals surface area contributed by atoms with Crippen molar-refractivity contribution in [3.63, 3.8) is 0 Å². The number of hydrogen-bond donors (Lipinski definition) is 0. The highest BCUT2D eigenvalue weighted by Crippen LogP contribution is 2.28. The van der Waals surface area contributed by atoms with Gasteiger partial charge in [-0.1, -0.05) is 6.07 Å². The zero-order valence-electron chi connectivity index (χ0n) is 10.5. The molecule has 0 N–H and O–H groups in total. The second kappa shape index (κ2) is 6.11. The second-order valence-electron chi connectivity index (χ2n) is 4.19. The highest BCUT2D eigenvalue weighted by Gasteiger charge is 2.17. The normalized spacial score (nSPS) is 11.3. The van der Waals surface area contributed by atoms with Crippen molar-refractivity contribution in [1.29, 1.82) is 0 Å². The monoisotopic (exact) mass is 375 g/mol. The van der Waals surface area contributed by atoms with Crippen LogP contribution in [0.15, 0.2) is 46.0 Å². The molecule has 106 valence electrons. The van der Waals surface area contributed by atoms with Gasteiger partial charge in [0.1, 0.15) is 17.3 Å². The molecule has 0 atom stereocenters. The van der Waals surface area contributed by atoms with Crippen LogP contribution in [0, 0.1) is 6.92 Å². The van der Waals surface area contributed by atoms with Crippen LogP contribution in [0.1, 0.15) is 11.1 Å². The van der Waals surface area contributed by atoms with Crippen molar-refractivity contribution in [1.82, 2.24) is 4.98 Å². The third-order valence-electron chi connectivity index (χ3n) is 2.52. The minimum absolute atomic E-state index is 0.0258. The number of pyridine rings is 1. The number of halogens is 2. The first kappa shape index (κ1) is 15.3. The summed E-state index contributed by atoms with van der Waals surface area (Å²) in [5, 5.41) is 0. The maximum Gasteiger partial charge on any atom is 0.264 e. The summed E-state index contributed by atoms with van der Waals surface area (Å²) in [6.07, 6.45) is 3.30. The molecule has 0 saturated carbocycles. The number of rotatable bonds is 4. The minimum Gasteiger partial charge on any atom is -0.487 e. The fourth-order valence-electron chi connectivity index (χ4n) is 1.62. The van der Waals surface area contributed by atoms with Crippen LogP contribution in [-0.2, 0) is 15.7 Å². The number of ether oxygens (including phenoxy) is 1. The van der Waals surface area contributed by atoms with Gasteiger partial charge in [-0.15, -0.1) is 0 Å². The quantitative estimate of drug-likeness (QED) is 0.764. The molecule has 0 amide bonds. The van der Waals surface area contributed by atoms with E-state index in [4.69, 9.17) is 15.4 Å². The standard InChI is InChI=1S/C13H11BrClNO3S/c1-9-2-3-12(13(4-9)20(15,17)18)19-8-10-5-11(14)7-16-6-10/h2-7H,8H2,1H3. The molecule has 7 heteroatoms. The molecule has 1 aromatic carbocycles. The number of hydrogen-bond acceptors (Lipinski definition) is 4. The molecule has 0 spiro atoms. The van der Waals surface area contributed by atoms with Crippen molar-refractivity contribution in [2.24, 2.45) is 0 Å². The van der Waals surface area contributed by atoms with Gasteiger partial charge in [-0.25, -0.2) is 8.42 Å². The van der Waals surface area contributed by atoms with E-state index in [1.165, 1.54) is 6.07 Å². The molecule has 0 aliphatic rings. The maximum atomic E-state index is 11.5. The van der Waals surface area contributed by atoms with E-state index in [9.17, 15) is 8.42 Å². The molecule has 0 aliphatic heterocycles. The van der Waals surface area contributed by atoms with Crippen LogP contribution in [0.3, 0.4) is 0 Å². The average molecular weight is 377 g/mol. The number of aromatic nitrogens is 1. The van der Waals surface area contributed by atoms with Gasteiger partial charge in [0.05, 0.1) is 0 Å². The fraction of sp³-hybridized carbons (Fsp3) is 0.154. The van der Waals surface area contributed by atoms with Gasteiger partial charge in [-0.3, -0.25) is 4.98 Å². The summed E-state index contributed by atoms with van der Waals surface area (Å²) in [5.41, 5.74) is 1.61. The Bertz CT molecular complexity index is 734. The van der Waals surface area contributed by atoms with Crippen molar-refractivity contribution >= 4 is 35.7 Å². The lowest BCUT2D eigenvalue weighted by Crippen LogP contribution is -2.01. The van der Waals surface area contributed by atoms with Gasteiger partial charge < -0.3 is 4.74 Å². The van der Waals surface area contributed by atoms with Crippen LogP contribution in [-0.4, -0.2) is 13.4 Å². The highest BCUT2D eigenvalue weighted by molar-refractivity contribution is 9.10. The summed E-state index contributed by atoms with van der Waals surface area (Å²) < 4.78 is 29.4. The molecular weight excluding hydrogens is 366 g/mol. The smallest absolute Gasteiger partial charge is 0.264 e. The van der Waals surface area contributed by atoms with Gasteiger partial charge in [0.15, 0.2) is 0 Å². The summed E-state index contributed by atoms with van der Waals surface area (Å²) in [4.78, 5) is 3.98. The molecule has 0 radical (unpaired) electrons. The Hall–Kier alpha value is -1.11. The van der Waals surface area contributed by atoms with Crippen LogP contribution < -0.4 is 4.74 Å². The predicted octanol–water partition coefficient (Wildman–Crippen LogP) is 3.66. The lowest BCUT2D eigenvalue weighted by molar-refractivity contribution is 0.297. The van der Waals surface area contributed by atoms with E-state index in [-0.39, 0.29) is 17.3 Å². The van der Waals surface area contributed by atoms with E-state index in [2.05, 4.69) is 20.9 Å². The first-order chi connectivity index (χ1) is 9.36. The van der Waals surface area contributed by atoms with Crippen LogP contribution >= 0.6 is 26.6 Å². The molecule has 2 aromatic rings. The van der Waals surface area contributed by atoms with Crippen molar-refractivity contribution in [2.75, 3.05) is 0 Å². The van der Waals surface area contributed by atoms with Crippen molar-refractivity contribution < 1.29 is 13.2 Å². The zero-order chi connectivity index (χ0) is 14.8. The van der Waals surface area contributed by atoms with E-state index >= 15 is 0 Å². The molecule has 0 aliphatic carbocycles. The lowest BCUT2D eigenvalue weighted by atomic mass is 10.2.